The average Bonchev–Trinajstić information content (AvgIpc) is 3.10. The summed E-state index contributed by atoms with van der Waals surface area (Å²) in [5.74, 6) is 0.306. The molecule has 3 aromatic rings. The van der Waals surface area contributed by atoms with E-state index in [4.69, 9.17) is 18.9 Å². The molecule has 3 aromatic carbocycles. The molecule has 0 aliphatic carbocycles. The van der Waals surface area contributed by atoms with E-state index in [9.17, 15) is 14.4 Å². The van der Waals surface area contributed by atoms with Crippen LogP contribution in [0.5, 0.6) is 11.5 Å². The molecule has 0 bridgehead atoms. The summed E-state index contributed by atoms with van der Waals surface area (Å²) in [6.07, 6.45) is 14.0. The minimum atomic E-state index is -0.446. The van der Waals surface area contributed by atoms with Crippen molar-refractivity contribution in [2.24, 2.45) is 0 Å². The van der Waals surface area contributed by atoms with Gasteiger partial charge in [0.15, 0.2) is 0 Å². The zero-order chi connectivity index (χ0) is 34.4. The van der Waals surface area contributed by atoms with E-state index in [1.54, 1.807) is 48.5 Å². The zero-order valence-electron chi connectivity index (χ0n) is 29.2. The van der Waals surface area contributed by atoms with Crippen molar-refractivity contribution in [3.63, 3.8) is 0 Å². The number of hydrogen-bond donors (Lipinski definition) is 0. The van der Waals surface area contributed by atoms with Gasteiger partial charge in [-0.05, 0) is 112 Å². The van der Waals surface area contributed by atoms with Crippen molar-refractivity contribution in [1.82, 2.24) is 0 Å². The number of unbranched alkanes of at least 4 members (excludes halogenated alkanes) is 9. The van der Waals surface area contributed by atoms with Crippen LogP contribution in [-0.2, 0) is 14.3 Å². The lowest BCUT2D eigenvalue weighted by molar-refractivity contribution is -0.143. The van der Waals surface area contributed by atoms with Gasteiger partial charge in [0, 0.05) is 6.42 Å². The molecule has 0 aliphatic rings. The van der Waals surface area contributed by atoms with Crippen molar-refractivity contribution in [1.29, 1.82) is 0 Å². The Hall–Kier alpha value is -4.13. The summed E-state index contributed by atoms with van der Waals surface area (Å²) in [4.78, 5) is 37.0. The molecule has 0 saturated carbocycles. The molecule has 3 rings (SSSR count). The van der Waals surface area contributed by atoms with Crippen LogP contribution in [0.25, 0.3) is 11.1 Å². The van der Waals surface area contributed by atoms with Crippen LogP contribution in [-0.4, -0.2) is 37.2 Å². The van der Waals surface area contributed by atoms with Crippen molar-refractivity contribution in [3.8, 4) is 22.6 Å². The summed E-state index contributed by atoms with van der Waals surface area (Å²) >= 11 is 0. The molecule has 7 nitrogen and oxygen atoms in total. The molecule has 0 aliphatic heterocycles. The van der Waals surface area contributed by atoms with Crippen LogP contribution in [0.1, 0.15) is 131 Å². The van der Waals surface area contributed by atoms with E-state index >= 15 is 0 Å². The van der Waals surface area contributed by atoms with Crippen LogP contribution in [0.3, 0.4) is 0 Å². The number of rotatable bonds is 23. The number of carbonyl (C=O) groups is 3. The van der Waals surface area contributed by atoms with Crippen molar-refractivity contribution in [2.45, 2.75) is 117 Å². The maximum Gasteiger partial charge on any atom is 0.343 e. The largest absolute Gasteiger partial charge is 0.494 e. The Bertz CT molecular complexity index is 1350. The summed E-state index contributed by atoms with van der Waals surface area (Å²) in [5, 5.41) is 0. The summed E-state index contributed by atoms with van der Waals surface area (Å²) in [7, 11) is 0. The van der Waals surface area contributed by atoms with Gasteiger partial charge in [-0.15, -0.1) is 0 Å². The van der Waals surface area contributed by atoms with Gasteiger partial charge in [-0.25, -0.2) is 9.59 Å². The first-order valence-corrected chi connectivity index (χ1v) is 17.9. The lowest BCUT2D eigenvalue weighted by Crippen LogP contribution is -2.15. The van der Waals surface area contributed by atoms with Crippen LogP contribution in [0.2, 0.25) is 0 Å². The number of ether oxygens (including phenoxy) is 4. The van der Waals surface area contributed by atoms with Gasteiger partial charge in [0.05, 0.1) is 30.4 Å². The smallest absolute Gasteiger partial charge is 0.343 e. The quantitative estimate of drug-likeness (QED) is 0.0569. The van der Waals surface area contributed by atoms with E-state index in [1.807, 2.05) is 31.2 Å². The first-order valence-electron chi connectivity index (χ1n) is 17.9. The molecule has 7 heteroatoms. The van der Waals surface area contributed by atoms with E-state index < -0.39 is 5.97 Å². The second-order valence-electron chi connectivity index (χ2n) is 12.4. The number of benzene rings is 3. The van der Waals surface area contributed by atoms with Crippen LogP contribution < -0.4 is 9.47 Å². The average molecular weight is 659 g/mol. The molecule has 0 unspecified atom stereocenters. The summed E-state index contributed by atoms with van der Waals surface area (Å²) in [5.41, 5.74) is 2.85. The van der Waals surface area contributed by atoms with Crippen molar-refractivity contribution >= 4 is 17.9 Å². The fourth-order valence-corrected chi connectivity index (χ4v) is 5.24. The number of esters is 3. The number of carbonyl (C=O) groups excluding carboxylic acids is 3. The summed E-state index contributed by atoms with van der Waals surface area (Å²) < 4.78 is 22.3. The summed E-state index contributed by atoms with van der Waals surface area (Å²) in [6.45, 7) is 7.35. The predicted octanol–water partition coefficient (Wildman–Crippen LogP) is 10.5. The third kappa shape index (κ3) is 14.7. The maximum absolute atomic E-state index is 12.7. The second-order valence-corrected chi connectivity index (χ2v) is 12.4. The van der Waals surface area contributed by atoms with Gasteiger partial charge in [-0.1, -0.05) is 76.6 Å². The van der Waals surface area contributed by atoms with E-state index in [-0.39, 0.29) is 18.0 Å². The van der Waals surface area contributed by atoms with Crippen molar-refractivity contribution in [3.05, 3.63) is 83.9 Å². The highest BCUT2D eigenvalue weighted by atomic mass is 16.5. The first kappa shape index (κ1) is 38.3. The predicted molar refractivity (Wildman–Crippen MR) is 191 cm³/mol. The van der Waals surface area contributed by atoms with Gasteiger partial charge in [-0.3, -0.25) is 4.79 Å². The Morgan fingerprint density at radius 1 is 0.562 bits per heavy atom. The molecule has 260 valence electrons. The molecule has 0 radical (unpaired) electrons. The van der Waals surface area contributed by atoms with Gasteiger partial charge in [-0.2, -0.15) is 0 Å². The standard InChI is InChI=1S/C41H54O7/c1-4-6-8-12-16-32(3)47-40(43)35-20-18-33(19-21-35)34-22-28-38(29-23-34)48-41(44)36-24-26-37(27-25-36)45-30-14-10-11-15-31-46-39(42)17-13-9-7-5-2/h18-29,32H,4-17,30-31H2,1-3H3/t32-/m0/s1. The van der Waals surface area contributed by atoms with Crippen molar-refractivity contribution in [2.75, 3.05) is 13.2 Å². The highest BCUT2D eigenvalue weighted by Gasteiger charge is 2.13. The fourth-order valence-electron chi connectivity index (χ4n) is 5.24. The van der Waals surface area contributed by atoms with Crippen LogP contribution >= 0.6 is 0 Å². The second kappa shape index (κ2) is 22.4. The highest BCUT2D eigenvalue weighted by Crippen LogP contribution is 2.24. The van der Waals surface area contributed by atoms with Crippen LogP contribution in [0, 0.1) is 0 Å². The van der Waals surface area contributed by atoms with E-state index in [2.05, 4.69) is 13.8 Å². The molecule has 0 fully saturated rings. The molecule has 0 aromatic heterocycles. The Morgan fingerprint density at radius 3 is 1.73 bits per heavy atom. The Morgan fingerprint density at radius 2 is 1.08 bits per heavy atom. The van der Waals surface area contributed by atoms with Gasteiger partial charge >= 0.3 is 17.9 Å². The molecular weight excluding hydrogens is 604 g/mol. The monoisotopic (exact) mass is 658 g/mol. The SMILES string of the molecule is CCCCCCC(=O)OCCCCCCOc1ccc(C(=O)Oc2ccc(-c3ccc(C(=O)O[C@@H](C)CCCCCC)cc3)cc2)cc1. The first-order chi connectivity index (χ1) is 23.4. The molecule has 0 heterocycles. The fraction of sp³-hybridized carbons (Fsp3) is 0.488. The molecule has 0 amide bonds. The van der Waals surface area contributed by atoms with Crippen LogP contribution in [0.15, 0.2) is 72.8 Å². The number of hydrogen-bond acceptors (Lipinski definition) is 7. The maximum atomic E-state index is 12.7. The van der Waals surface area contributed by atoms with E-state index in [1.165, 1.54) is 19.3 Å². The van der Waals surface area contributed by atoms with E-state index in [0.29, 0.717) is 42.3 Å². The van der Waals surface area contributed by atoms with Crippen LogP contribution in [0.4, 0.5) is 0 Å². The minimum absolute atomic E-state index is 0.0863. The van der Waals surface area contributed by atoms with Gasteiger partial charge in [0.2, 0.25) is 0 Å². The Balaban J connectivity index is 1.33. The third-order valence-corrected chi connectivity index (χ3v) is 8.19. The topological polar surface area (TPSA) is 88.1 Å². The lowest BCUT2D eigenvalue weighted by Gasteiger charge is -2.13. The Kier molecular flexibility index (Phi) is 17.9. The zero-order valence-corrected chi connectivity index (χ0v) is 29.2. The minimum Gasteiger partial charge on any atom is -0.494 e. The molecular formula is C41H54O7. The molecule has 1 atom stereocenters. The van der Waals surface area contributed by atoms with Gasteiger partial charge in [0.25, 0.3) is 0 Å². The summed E-state index contributed by atoms with van der Waals surface area (Å²) in [6, 6.07) is 21.6. The normalized spacial score (nSPS) is 11.5. The van der Waals surface area contributed by atoms with Gasteiger partial charge < -0.3 is 18.9 Å². The highest BCUT2D eigenvalue weighted by molar-refractivity contribution is 5.91. The molecule has 0 N–H and O–H groups in total. The molecule has 48 heavy (non-hydrogen) atoms. The van der Waals surface area contributed by atoms with Gasteiger partial charge in [0.1, 0.15) is 11.5 Å². The third-order valence-electron chi connectivity index (χ3n) is 8.19. The lowest BCUT2D eigenvalue weighted by atomic mass is 10.0. The van der Waals surface area contributed by atoms with E-state index in [0.717, 1.165) is 75.3 Å². The Labute approximate surface area is 287 Å². The molecule has 0 saturated heterocycles. The van der Waals surface area contributed by atoms with Crippen molar-refractivity contribution < 1.29 is 33.3 Å². The molecule has 0 spiro atoms.